The zero-order valence-corrected chi connectivity index (χ0v) is 15.4. The van der Waals surface area contributed by atoms with Gasteiger partial charge in [0, 0.05) is 42.0 Å². The van der Waals surface area contributed by atoms with Gasteiger partial charge in [0.1, 0.15) is 0 Å². The van der Waals surface area contributed by atoms with Crippen molar-refractivity contribution in [2.45, 2.75) is 58.0 Å². The highest BCUT2D eigenvalue weighted by molar-refractivity contribution is 7.12. The van der Waals surface area contributed by atoms with Crippen LogP contribution in [0.1, 0.15) is 42.5 Å². The second-order valence-electron chi connectivity index (χ2n) is 7.23. The van der Waals surface area contributed by atoms with Gasteiger partial charge >= 0.3 is 0 Å². The summed E-state index contributed by atoms with van der Waals surface area (Å²) >= 11 is 1.90. The first-order valence-corrected chi connectivity index (χ1v) is 9.69. The highest BCUT2D eigenvalue weighted by atomic mass is 32.1. The SMILES string of the molecule is Cc1ccc(C2CCCN2CC(O)CN2CC(C)OC(C)C2)s1. The monoisotopic (exact) mass is 338 g/mol. The molecular formula is C18H30N2O2S. The van der Waals surface area contributed by atoms with Gasteiger partial charge in [-0.15, -0.1) is 11.3 Å². The van der Waals surface area contributed by atoms with Crippen LogP contribution in [-0.4, -0.2) is 65.9 Å². The third-order valence-electron chi connectivity index (χ3n) is 4.86. The lowest BCUT2D eigenvalue weighted by atomic mass is 10.1. The Hall–Kier alpha value is -0.460. The molecule has 0 saturated carbocycles. The summed E-state index contributed by atoms with van der Waals surface area (Å²) in [6.45, 7) is 10.9. The average molecular weight is 339 g/mol. The van der Waals surface area contributed by atoms with Gasteiger partial charge in [0.05, 0.1) is 18.3 Å². The molecule has 2 saturated heterocycles. The Labute approximate surface area is 144 Å². The third-order valence-corrected chi connectivity index (χ3v) is 5.96. The van der Waals surface area contributed by atoms with E-state index in [9.17, 15) is 5.11 Å². The van der Waals surface area contributed by atoms with Gasteiger partial charge in [0.25, 0.3) is 0 Å². The molecule has 2 fully saturated rings. The lowest BCUT2D eigenvalue weighted by molar-refractivity contribution is -0.0781. The summed E-state index contributed by atoms with van der Waals surface area (Å²) in [5.74, 6) is 0. The molecule has 3 heterocycles. The lowest BCUT2D eigenvalue weighted by Crippen LogP contribution is -2.49. The highest BCUT2D eigenvalue weighted by Crippen LogP contribution is 2.35. The average Bonchev–Trinajstić information content (AvgIpc) is 3.06. The van der Waals surface area contributed by atoms with Crippen LogP contribution in [-0.2, 0) is 4.74 Å². The summed E-state index contributed by atoms with van der Waals surface area (Å²) in [6.07, 6.45) is 2.70. The van der Waals surface area contributed by atoms with Gasteiger partial charge < -0.3 is 9.84 Å². The second-order valence-corrected chi connectivity index (χ2v) is 8.55. The molecule has 4 atom stereocenters. The molecule has 4 nitrogen and oxygen atoms in total. The van der Waals surface area contributed by atoms with Gasteiger partial charge in [-0.2, -0.15) is 0 Å². The summed E-state index contributed by atoms with van der Waals surface area (Å²) in [5, 5.41) is 10.6. The van der Waals surface area contributed by atoms with E-state index < -0.39 is 0 Å². The predicted octanol–water partition coefficient (Wildman–Crippen LogP) is 2.66. The quantitative estimate of drug-likeness (QED) is 0.895. The van der Waals surface area contributed by atoms with Gasteiger partial charge in [-0.05, 0) is 52.3 Å². The van der Waals surface area contributed by atoms with Gasteiger partial charge in [0.15, 0.2) is 0 Å². The summed E-state index contributed by atoms with van der Waals surface area (Å²) in [4.78, 5) is 7.66. The van der Waals surface area contributed by atoms with Crippen LogP contribution >= 0.6 is 11.3 Å². The molecule has 1 N–H and O–H groups in total. The Kier molecular flexibility index (Phi) is 5.75. The lowest BCUT2D eigenvalue weighted by Gasteiger charge is -2.37. The smallest absolute Gasteiger partial charge is 0.0794 e. The number of nitrogens with zero attached hydrogens (tertiary/aromatic N) is 2. The zero-order valence-electron chi connectivity index (χ0n) is 14.6. The molecule has 2 aliphatic heterocycles. The molecule has 130 valence electrons. The van der Waals surface area contributed by atoms with Crippen LogP contribution in [0.5, 0.6) is 0 Å². The Morgan fingerprint density at radius 3 is 2.65 bits per heavy atom. The number of hydrogen-bond acceptors (Lipinski definition) is 5. The van der Waals surface area contributed by atoms with Crippen LogP contribution in [0.4, 0.5) is 0 Å². The number of aliphatic hydroxyl groups is 1. The maximum Gasteiger partial charge on any atom is 0.0794 e. The molecule has 4 unspecified atom stereocenters. The van der Waals surface area contributed by atoms with Crippen LogP contribution < -0.4 is 0 Å². The Morgan fingerprint density at radius 2 is 2.00 bits per heavy atom. The van der Waals surface area contributed by atoms with Crippen molar-refractivity contribution in [3.8, 4) is 0 Å². The minimum Gasteiger partial charge on any atom is -0.390 e. The number of morpholine rings is 1. The van der Waals surface area contributed by atoms with E-state index in [1.807, 2.05) is 11.3 Å². The molecule has 5 heteroatoms. The molecule has 1 aromatic rings. The minimum absolute atomic E-state index is 0.263. The van der Waals surface area contributed by atoms with Crippen molar-refractivity contribution in [2.75, 3.05) is 32.7 Å². The molecule has 1 aromatic heterocycles. The molecule has 0 amide bonds. The maximum atomic E-state index is 10.6. The van der Waals surface area contributed by atoms with E-state index >= 15 is 0 Å². The van der Waals surface area contributed by atoms with Crippen molar-refractivity contribution < 1.29 is 9.84 Å². The van der Waals surface area contributed by atoms with Crippen molar-refractivity contribution in [2.24, 2.45) is 0 Å². The van der Waals surface area contributed by atoms with E-state index in [1.165, 1.54) is 22.6 Å². The molecule has 3 rings (SSSR count). The number of thiophene rings is 1. The van der Waals surface area contributed by atoms with E-state index in [1.54, 1.807) is 0 Å². The van der Waals surface area contributed by atoms with Crippen molar-refractivity contribution in [3.63, 3.8) is 0 Å². The van der Waals surface area contributed by atoms with Gasteiger partial charge in [0.2, 0.25) is 0 Å². The van der Waals surface area contributed by atoms with Crippen LogP contribution in [0.15, 0.2) is 12.1 Å². The van der Waals surface area contributed by atoms with Gasteiger partial charge in [-0.1, -0.05) is 0 Å². The van der Waals surface area contributed by atoms with Crippen molar-refractivity contribution in [3.05, 3.63) is 21.9 Å². The van der Waals surface area contributed by atoms with Gasteiger partial charge in [-0.25, -0.2) is 0 Å². The predicted molar refractivity (Wildman–Crippen MR) is 95.1 cm³/mol. The molecule has 0 spiro atoms. The number of hydrogen-bond donors (Lipinski definition) is 1. The fourth-order valence-electron chi connectivity index (χ4n) is 4.06. The third kappa shape index (κ3) is 4.54. The van der Waals surface area contributed by atoms with E-state index in [0.717, 1.165) is 32.7 Å². The summed E-state index contributed by atoms with van der Waals surface area (Å²) in [6, 6.07) is 4.98. The first-order valence-electron chi connectivity index (χ1n) is 8.87. The first-order chi connectivity index (χ1) is 11.0. The largest absolute Gasteiger partial charge is 0.390 e. The summed E-state index contributed by atoms with van der Waals surface area (Å²) in [7, 11) is 0. The molecule has 0 aliphatic carbocycles. The van der Waals surface area contributed by atoms with Crippen LogP contribution in [0.25, 0.3) is 0 Å². The fraction of sp³-hybridized carbons (Fsp3) is 0.778. The molecular weight excluding hydrogens is 308 g/mol. The number of rotatable bonds is 5. The second kappa shape index (κ2) is 7.62. The number of ether oxygens (including phenoxy) is 1. The fourth-order valence-corrected chi connectivity index (χ4v) is 5.11. The molecule has 2 aliphatic rings. The Balaban J connectivity index is 1.53. The minimum atomic E-state index is -0.283. The van der Waals surface area contributed by atoms with Crippen molar-refractivity contribution in [1.29, 1.82) is 0 Å². The van der Waals surface area contributed by atoms with E-state index in [2.05, 4.69) is 42.7 Å². The number of aryl methyl sites for hydroxylation is 1. The summed E-state index contributed by atoms with van der Waals surface area (Å²) < 4.78 is 5.78. The van der Waals surface area contributed by atoms with E-state index in [4.69, 9.17) is 4.74 Å². The molecule has 0 bridgehead atoms. The van der Waals surface area contributed by atoms with Gasteiger partial charge in [-0.3, -0.25) is 9.80 Å². The normalized spacial score (nSPS) is 31.6. The Bertz CT molecular complexity index is 497. The summed E-state index contributed by atoms with van der Waals surface area (Å²) in [5.41, 5.74) is 0. The van der Waals surface area contributed by atoms with Crippen LogP contribution in [0, 0.1) is 6.92 Å². The zero-order chi connectivity index (χ0) is 16.4. The first kappa shape index (κ1) is 17.4. The number of aliphatic hydroxyl groups excluding tert-OH is 1. The molecule has 0 aromatic carbocycles. The topological polar surface area (TPSA) is 35.9 Å². The van der Waals surface area contributed by atoms with E-state index in [0.29, 0.717) is 6.04 Å². The van der Waals surface area contributed by atoms with E-state index in [-0.39, 0.29) is 18.3 Å². The molecule has 23 heavy (non-hydrogen) atoms. The molecule has 0 radical (unpaired) electrons. The van der Waals surface area contributed by atoms with Crippen LogP contribution in [0.2, 0.25) is 0 Å². The Morgan fingerprint density at radius 1 is 1.26 bits per heavy atom. The highest BCUT2D eigenvalue weighted by Gasteiger charge is 2.30. The van der Waals surface area contributed by atoms with Crippen molar-refractivity contribution in [1.82, 2.24) is 9.80 Å². The van der Waals surface area contributed by atoms with Crippen molar-refractivity contribution >= 4 is 11.3 Å². The number of β-amino-alcohol motifs (C(OH)–C–C–N with tert-alkyl or cyclic N) is 1. The maximum absolute atomic E-state index is 10.6. The number of likely N-dealkylation sites (tertiary alicyclic amines) is 1. The standard InChI is InChI=1S/C18H30N2O2S/c1-13-9-19(10-14(2)22-13)11-16(21)12-20-8-4-5-17(20)18-7-6-15(3)23-18/h6-7,13-14,16-17,21H,4-5,8-12H2,1-3H3. The van der Waals surface area contributed by atoms with Crippen LogP contribution in [0.3, 0.4) is 0 Å².